The van der Waals surface area contributed by atoms with Gasteiger partial charge in [0.1, 0.15) is 12.3 Å². The first kappa shape index (κ1) is 15.9. The average molecular weight is 320 g/mol. The number of Topliss-reactive ketones (excluding diaryl/α,β-unsaturated/α-hetero) is 1. The van der Waals surface area contributed by atoms with Crippen LogP contribution in [0.15, 0.2) is 41.4 Å². The number of methoxy groups -OCH3 is 1. The fraction of sp³-hybridized carbons (Fsp3) is 0.125. The van der Waals surface area contributed by atoms with Gasteiger partial charge >= 0.3 is 0 Å². The predicted octanol–water partition coefficient (Wildman–Crippen LogP) is 3.06. The van der Waals surface area contributed by atoms with Gasteiger partial charge in [0.2, 0.25) is 0 Å². The molecule has 0 aliphatic rings. The van der Waals surface area contributed by atoms with Gasteiger partial charge in [-0.25, -0.2) is 0 Å². The molecule has 5 nitrogen and oxygen atoms in total. The Balaban J connectivity index is 2.15. The fourth-order valence-corrected chi connectivity index (χ4v) is 2.09. The first-order chi connectivity index (χ1) is 10.5. The molecule has 0 saturated carbocycles. The number of carbonyl (C=O) groups excluding carboxylic acids is 1. The van der Waals surface area contributed by atoms with Gasteiger partial charge in [0.25, 0.3) is 0 Å². The molecule has 6 heteroatoms. The topological polar surface area (TPSA) is 79.1 Å². The lowest BCUT2D eigenvalue weighted by Gasteiger charge is -2.06. The molecule has 0 heterocycles. The molecule has 0 fully saturated rings. The lowest BCUT2D eigenvalue weighted by molar-refractivity contribution is 0.0999. The van der Waals surface area contributed by atoms with E-state index in [0.29, 0.717) is 10.6 Å². The second-order valence-electron chi connectivity index (χ2n) is 4.46. The van der Waals surface area contributed by atoms with Gasteiger partial charge in [0, 0.05) is 22.9 Å². The molecule has 22 heavy (non-hydrogen) atoms. The lowest BCUT2D eigenvalue weighted by atomic mass is 10.1. The highest BCUT2D eigenvalue weighted by Crippen LogP contribution is 2.32. The molecule has 0 aromatic heterocycles. The lowest BCUT2D eigenvalue weighted by Crippen LogP contribution is -2.04. The van der Waals surface area contributed by atoms with Crippen molar-refractivity contribution in [1.29, 1.82) is 0 Å². The maximum absolute atomic E-state index is 11.9. The molecule has 2 N–H and O–H groups in total. The van der Waals surface area contributed by atoms with Crippen molar-refractivity contribution < 1.29 is 19.7 Å². The molecule has 0 amide bonds. The van der Waals surface area contributed by atoms with Crippen LogP contribution >= 0.6 is 11.6 Å². The van der Waals surface area contributed by atoms with Gasteiger partial charge in [0.15, 0.2) is 17.3 Å². The van der Waals surface area contributed by atoms with Crippen LogP contribution in [0.3, 0.4) is 0 Å². The number of halogens is 1. The summed E-state index contributed by atoms with van der Waals surface area (Å²) in [6.07, 6.45) is 1.33. The summed E-state index contributed by atoms with van der Waals surface area (Å²) in [7, 11) is 1.41. The Labute approximate surface area is 132 Å². The van der Waals surface area contributed by atoms with Gasteiger partial charge in [0.05, 0.1) is 12.7 Å². The van der Waals surface area contributed by atoms with Gasteiger partial charge < -0.3 is 14.9 Å². The molecule has 0 spiro atoms. The van der Waals surface area contributed by atoms with Crippen LogP contribution in [0, 0.1) is 0 Å². The molecule has 0 atom stereocenters. The number of ketones is 1. The van der Waals surface area contributed by atoms with Crippen molar-refractivity contribution >= 4 is 23.6 Å². The number of carbonyl (C=O) groups is 1. The first-order valence-corrected chi connectivity index (χ1v) is 6.78. The van der Waals surface area contributed by atoms with Gasteiger partial charge in [-0.15, -0.1) is 0 Å². The van der Waals surface area contributed by atoms with Crippen molar-refractivity contribution in [2.45, 2.75) is 0 Å². The Morgan fingerprint density at radius 2 is 2.05 bits per heavy atom. The van der Waals surface area contributed by atoms with Crippen LogP contribution in [0.2, 0.25) is 5.02 Å². The van der Waals surface area contributed by atoms with E-state index >= 15 is 0 Å². The summed E-state index contributed by atoms with van der Waals surface area (Å²) in [5.74, 6) is -0.301. The van der Waals surface area contributed by atoms with E-state index in [4.69, 9.17) is 16.3 Å². The van der Waals surface area contributed by atoms with E-state index in [-0.39, 0.29) is 35.1 Å². The number of phenols is 2. The molecular weight excluding hydrogens is 306 g/mol. The quantitative estimate of drug-likeness (QED) is 0.655. The van der Waals surface area contributed by atoms with Crippen LogP contribution < -0.4 is 4.74 Å². The fourth-order valence-electron chi connectivity index (χ4n) is 1.87. The predicted molar refractivity (Wildman–Crippen MR) is 84.6 cm³/mol. The number of nitrogens with zero attached hydrogens (tertiary/aromatic N) is 1. The molecule has 114 valence electrons. The van der Waals surface area contributed by atoms with Gasteiger partial charge in [-0.3, -0.25) is 9.79 Å². The SMILES string of the molecule is COc1cc(Cl)cc(C=NCC(=O)c2ccccc2O)c1O. The molecule has 2 aromatic carbocycles. The van der Waals surface area contributed by atoms with Crippen molar-refractivity contribution in [3.05, 3.63) is 52.5 Å². The summed E-state index contributed by atoms with van der Waals surface area (Å²) in [4.78, 5) is 15.9. The summed E-state index contributed by atoms with van der Waals surface area (Å²) < 4.78 is 4.98. The second kappa shape index (κ2) is 6.95. The Bertz CT molecular complexity index is 728. The highest BCUT2D eigenvalue weighted by atomic mass is 35.5. The summed E-state index contributed by atoms with van der Waals surface area (Å²) in [5.41, 5.74) is 0.544. The zero-order valence-corrected chi connectivity index (χ0v) is 12.5. The average Bonchev–Trinajstić information content (AvgIpc) is 2.50. The van der Waals surface area contributed by atoms with Crippen molar-refractivity contribution in [1.82, 2.24) is 0 Å². The van der Waals surface area contributed by atoms with E-state index in [2.05, 4.69) is 4.99 Å². The van der Waals surface area contributed by atoms with Gasteiger partial charge in [-0.1, -0.05) is 23.7 Å². The van der Waals surface area contributed by atoms with E-state index in [1.54, 1.807) is 12.1 Å². The van der Waals surface area contributed by atoms with Crippen molar-refractivity contribution in [3.8, 4) is 17.2 Å². The van der Waals surface area contributed by atoms with Crippen molar-refractivity contribution in [3.63, 3.8) is 0 Å². The van der Waals surface area contributed by atoms with Crippen molar-refractivity contribution in [2.75, 3.05) is 13.7 Å². The molecule has 2 rings (SSSR count). The van der Waals surface area contributed by atoms with E-state index < -0.39 is 0 Å². The van der Waals surface area contributed by atoms with Crippen LogP contribution in [0.4, 0.5) is 0 Å². The zero-order valence-electron chi connectivity index (χ0n) is 11.8. The smallest absolute Gasteiger partial charge is 0.187 e. The molecule has 0 bridgehead atoms. The molecule has 0 unspecified atom stereocenters. The van der Waals surface area contributed by atoms with Gasteiger partial charge in [-0.2, -0.15) is 0 Å². The summed E-state index contributed by atoms with van der Waals surface area (Å²) in [6.45, 7) is -0.161. The van der Waals surface area contributed by atoms with E-state index in [1.807, 2.05) is 0 Å². The van der Waals surface area contributed by atoms with E-state index in [1.165, 1.54) is 37.6 Å². The minimum absolute atomic E-state index is 0.0880. The van der Waals surface area contributed by atoms with Crippen LogP contribution in [0.5, 0.6) is 17.2 Å². The number of para-hydroxylation sites is 1. The molecule has 0 saturated heterocycles. The van der Waals surface area contributed by atoms with Crippen LogP contribution in [-0.4, -0.2) is 35.9 Å². The number of aromatic hydroxyl groups is 2. The van der Waals surface area contributed by atoms with Crippen LogP contribution in [-0.2, 0) is 0 Å². The van der Waals surface area contributed by atoms with E-state index in [0.717, 1.165) is 0 Å². The molecule has 0 radical (unpaired) electrons. The third-order valence-corrected chi connectivity index (χ3v) is 3.18. The number of aliphatic imine (C=N–C) groups is 1. The maximum Gasteiger partial charge on any atom is 0.187 e. The number of hydrogen-bond donors (Lipinski definition) is 2. The standard InChI is InChI=1S/C16H14ClNO4/c1-22-15-7-11(17)6-10(16(15)21)8-18-9-14(20)12-4-2-3-5-13(12)19/h2-8,19,21H,9H2,1H3. The number of rotatable bonds is 5. The maximum atomic E-state index is 11.9. The zero-order chi connectivity index (χ0) is 16.1. The Kier molecular flexibility index (Phi) is 5.01. The van der Waals surface area contributed by atoms with Crippen molar-refractivity contribution in [2.24, 2.45) is 4.99 Å². The summed E-state index contributed by atoms with van der Waals surface area (Å²) >= 11 is 5.91. The minimum Gasteiger partial charge on any atom is -0.507 e. The number of phenolic OH excluding ortho intramolecular Hbond substituents is 2. The van der Waals surface area contributed by atoms with E-state index in [9.17, 15) is 15.0 Å². The van der Waals surface area contributed by atoms with Crippen LogP contribution in [0.1, 0.15) is 15.9 Å². The largest absolute Gasteiger partial charge is 0.507 e. The normalized spacial score (nSPS) is 10.8. The molecule has 0 aliphatic heterocycles. The monoisotopic (exact) mass is 319 g/mol. The summed E-state index contributed by atoms with van der Waals surface area (Å²) in [6, 6.07) is 9.22. The number of ether oxygens (including phenoxy) is 1. The first-order valence-electron chi connectivity index (χ1n) is 6.40. The number of hydrogen-bond acceptors (Lipinski definition) is 5. The van der Waals surface area contributed by atoms with Crippen LogP contribution in [0.25, 0.3) is 0 Å². The Morgan fingerprint density at radius 1 is 1.32 bits per heavy atom. The third kappa shape index (κ3) is 3.56. The van der Waals surface area contributed by atoms with Gasteiger partial charge in [-0.05, 0) is 18.2 Å². The molecule has 2 aromatic rings. The Hall–Kier alpha value is -2.53. The highest BCUT2D eigenvalue weighted by Gasteiger charge is 2.10. The molecule has 0 aliphatic carbocycles. The minimum atomic E-state index is -0.331. The third-order valence-electron chi connectivity index (χ3n) is 2.96. The number of benzene rings is 2. The highest BCUT2D eigenvalue weighted by molar-refractivity contribution is 6.31. The summed E-state index contributed by atoms with van der Waals surface area (Å²) in [5, 5.41) is 19.9. The Morgan fingerprint density at radius 3 is 2.73 bits per heavy atom. The molecular formula is C16H14ClNO4. The second-order valence-corrected chi connectivity index (χ2v) is 4.89.